The summed E-state index contributed by atoms with van der Waals surface area (Å²) in [6.45, 7) is 4.69. The molecule has 4 N–H and O–H groups in total. The Labute approximate surface area is 218 Å². The molecule has 3 aromatic rings. The quantitative estimate of drug-likeness (QED) is 0.217. The molecule has 11 nitrogen and oxygen atoms in total. The van der Waals surface area contributed by atoms with Crippen molar-refractivity contribution in [2.24, 2.45) is 0 Å². The molecule has 2 amide bonds. The molecule has 0 bridgehead atoms. The molecule has 1 heterocycles. The number of esters is 1. The molecule has 0 aliphatic heterocycles. The zero-order valence-electron chi connectivity index (χ0n) is 20.1. The monoisotopic (exact) mass is 524 g/mol. The van der Waals surface area contributed by atoms with Crippen molar-refractivity contribution in [2.45, 2.75) is 13.0 Å². The van der Waals surface area contributed by atoms with Crippen LogP contribution >= 0.6 is 11.6 Å². The van der Waals surface area contributed by atoms with Gasteiger partial charge in [0.05, 0.1) is 13.3 Å². The van der Waals surface area contributed by atoms with Crippen LogP contribution in [0.25, 0.3) is 0 Å². The maximum atomic E-state index is 11.9. The summed E-state index contributed by atoms with van der Waals surface area (Å²) >= 11 is 6.26. The first-order chi connectivity index (χ1) is 17.8. The lowest BCUT2D eigenvalue weighted by molar-refractivity contribution is -0.144. The van der Waals surface area contributed by atoms with Gasteiger partial charge in [-0.2, -0.15) is 4.98 Å². The van der Waals surface area contributed by atoms with E-state index in [1.807, 2.05) is 0 Å². The zero-order chi connectivity index (χ0) is 26.8. The highest BCUT2D eigenvalue weighted by molar-refractivity contribution is 6.32. The first kappa shape index (κ1) is 27.0. The van der Waals surface area contributed by atoms with Gasteiger partial charge in [-0.25, -0.2) is 9.78 Å². The van der Waals surface area contributed by atoms with Crippen LogP contribution in [0.5, 0.6) is 5.75 Å². The Balaban J connectivity index is 1.59. The van der Waals surface area contributed by atoms with Crippen molar-refractivity contribution < 1.29 is 23.9 Å². The molecule has 0 fully saturated rings. The number of carbonyl (C=O) groups is 3. The average molecular weight is 525 g/mol. The summed E-state index contributed by atoms with van der Waals surface area (Å²) in [5.74, 6) is -0.224. The Morgan fingerprint density at radius 2 is 1.81 bits per heavy atom. The molecule has 0 aliphatic rings. The lowest BCUT2D eigenvalue weighted by atomic mass is 10.2. The molecule has 1 unspecified atom stereocenters. The molecule has 0 spiro atoms. The van der Waals surface area contributed by atoms with E-state index in [1.54, 1.807) is 48.5 Å². The minimum atomic E-state index is -0.770. The smallest absolute Gasteiger partial charge is 0.328 e. The molecule has 0 saturated carbocycles. The maximum absolute atomic E-state index is 11.9. The molecule has 1 aromatic heterocycles. The second-order valence-corrected chi connectivity index (χ2v) is 7.95. The number of benzene rings is 2. The summed E-state index contributed by atoms with van der Waals surface area (Å²) in [6, 6.07) is 13.0. The predicted octanol–water partition coefficient (Wildman–Crippen LogP) is 3.80. The number of nitrogens with zero attached hydrogens (tertiary/aromatic N) is 2. The van der Waals surface area contributed by atoms with E-state index in [4.69, 9.17) is 16.3 Å². The minimum absolute atomic E-state index is 0.262. The van der Waals surface area contributed by atoms with Crippen molar-refractivity contribution in [3.63, 3.8) is 0 Å². The summed E-state index contributed by atoms with van der Waals surface area (Å²) in [4.78, 5) is 43.4. The van der Waals surface area contributed by atoms with Gasteiger partial charge in [-0.1, -0.05) is 24.2 Å². The largest absolute Gasteiger partial charge is 0.484 e. The molecule has 0 radical (unpaired) electrons. The standard InChI is InChI=1S/C25H25ClN6O5/c1-4-21(33)29-17-6-5-7-18(12-17)30-23-20(26)13-27-25(32-23)31-16-8-10-19(11-9-16)37-14-22(34)28-15(2)24(35)36-3/h4-13,15H,1,14H2,2-3H3,(H,28,34)(H,29,33)(H2,27,30,31,32). The fraction of sp³-hybridized carbons (Fsp3) is 0.160. The average Bonchev–Trinajstić information content (AvgIpc) is 2.89. The van der Waals surface area contributed by atoms with Crippen LogP contribution in [0, 0.1) is 0 Å². The minimum Gasteiger partial charge on any atom is -0.484 e. The van der Waals surface area contributed by atoms with E-state index in [2.05, 4.69) is 42.6 Å². The van der Waals surface area contributed by atoms with Crippen molar-refractivity contribution in [1.29, 1.82) is 0 Å². The van der Waals surface area contributed by atoms with Gasteiger partial charge in [-0.3, -0.25) is 9.59 Å². The number of anilines is 5. The number of nitrogens with one attached hydrogen (secondary N) is 4. The fourth-order valence-electron chi connectivity index (χ4n) is 2.95. The molecular formula is C25H25ClN6O5. The van der Waals surface area contributed by atoms with Gasteiger partial charge in [-0.15, -0.1) is 0 Å². The number of ether oxygens (including phenoxy) is 2. The SMILES string of the molecule is C=CC(=O)Nc1cccc(Nc2nc(Nc3ccc(OCC(=O)NC(C)C(=O)OC)cc3)ncc2Cl)c1. The highest BCUT2D eigenvalue weighted by Crippen LogP contribution is 2.26. The Kier molecular flexibility index (Phi) is 9.39. The molecule has 0 saturated heterocycles. The number of aromatic nitrogens is 2. The second kappa shape index (κ2) is 12.9. The van der Waals surface area contributed by atoms with Crippen LogP contribution in [-0.2, 0) is 19.1 Å². The van der Waals surface area contributed by atoms with Crippen molar-refractivity contribution in [2.75, 3.05) is 29.7 Å². The van der Waals surface area contributed by atoms with E-state index in [1.165, 1.54) is 26.3 Å². The number of rotatable bonds is 11. The van der Waals surface area contributed by atoms with E-state index < -0.39 is 17.9 Å². The summed E-state index contributed by atoms with van der Waals surface area (Å²) < 4.78 is 10.0. The Morgan fingerprint density at radius 1 is 1.08 bits per heavy atom. The predicted molar refractivity (Wildman–Crippen MR) is 140 cm³/mol. The number of hydrogen-bond acceptors (Lipinski definition) is 9. The highest BCUT2D eigenvalue weighted by Gasteiger charge is 2.16. The Hall–Kier alpha value is -4.64. The lowest BCUT2D eigenvalue weighted by Crippen LogP contribution is -2.41. The molecule has 1 atom stereocenters. The number of hydrogen-bond donors (Lipinski definition) is 4. The number of methoxy groups -OCH3 is 1. The molecule has 37 heavy (non-hydrogen) atoms. The van der Waals surface area contributed by atoms with E-state index in [-0.39, 0.29) is 18.5 Å². The van der Waals surface area contributed by atoms with Crippen molar-refractivity contribution in [3.05, 3.63) is 72.4 Å². The van der Waals surface area contributed by atoms with E-state index >= 15 is 0 Å². The van der Waals surface area contributed by atoms with Gasteiger partial charge < -0.3 is 30.7 Å². The summed E-state index contributed by atoms with van der Waals surface area (Å²) in [6.07, 6.45) is 2.64. The van der Waals surface area contributed by atoms with Crippen LogP contribution in [0.1, 0.15) is 6.92 Å². The van der Waals surface area contributed by atoms with E-state index in [9.17, 15) is 14.4 Å². The molecular weight excluding hydrogens is 500 g/mol. The van der Waals surface area contributed by atoms with Gasteiger partial charge in [0.2, 0.25) is 11.9 Å². The van der Waals surface area contributed by atoms with Crippen LogP contribution in [0.3, 0.4) is 0 Å². The van der Waals surface area contributed by atoms with Crippen LogP contribution in [0.15, 0.2) is 67.4 Å². The summed E-state index contributed by atoms with van der Waals surface area (Å²) in [5, 5.41) is 11.6. The van der Waals surface area contributed by atoms with Crippen molar-refractivity contribution in [3.8, 4) is 5.75 Å². The normalized spacial score (nSPS) is 11.0. The second-order valence-electron chi connectivity index (χ2n) is 7.54. The first-order valence-electron chi connectivity index (χ1n) is 11.0. The van der Waals surface area contributed by atoms with Gasteiger partial charge >= 0.3 is 5.97 Å². The fourth-order valence-corrected chi connectivity index (χ4v) is 3.09. The maximum Gasteiger partial charge on any atom is 0.328 e. The third kappa shape index (κ3) is 8.22. The van der Waals surface area contributed by atoms with Crippen molar-refractivity contribution >= 4 is 58.2 Å². The molecule has 12 heteroatoms. The van der Waals surface area contributed by atoms with Gasteiger partial charge in [0.25, 0.3) is 5.91 Å². The van der Waals surface area contributed by atoms with Crippen molar-refractivity contribution in [1.82, 2.24) is 15.3 Å². The Morgan fingerprint density at radius 3 is 2.51 bits per heavy atom. The molecule has 0 aliphatic carbocycles. The number of carbonyl (C=O) groups excluding carboxylic acids is 3. The number of halogens is 1. The highest BCUT2D eigenvalue weighted by atomic mass is 35.5. The van der Waals surface area contributed by atoms with E-state index in [0.29, 0.717) is 33.7 Å². The summed E-state index contributed by atoms with van der Waals surface area (Å²) in [7, 11) is 1.25. The van der Waals surface area contributed by atoms with Crippen LogP contribution in [0.2, 0.25) is 5.02 Å². The summed E-state index contributed by atoms with van der Waals surface area (Å²) in [5.41, 5.74) is 1.90. The van der Waals surface area contributed by atoms with E-state index in [0.717, 1.165) is 0 Å². The van der Waals surface area contributed by atoms with Gasteiger partial charge in [-0.05, 0) is 55.5 Å². The molecule has 192 valence electrons. The van der Waals surface area contributed by atoms with Crippen LogP contribution < -0.4 is 26.0 Å². The van der Waals surface area contributed by atoms with Crippen LogP contribution in [0.4, 0.5) is 28.8 Å². The zero-order valence-corrected chi connectivity index (χ0v) is 20.8. The van der Waals surface area contributed by atoms with Gasteiger partial charge in [0.15, 0.2) is 12.4 Å². The topological polar surface area (TPSA) is 144 Å². The van der Waals surface area contributed by atoms with Crippen LogP contribution in [-0.4, -0.2) is 47.5 Å². The molecule has 3 rings (SSSR count). The Bertz CT molecular complexity index is 1280. The third-order valence-electron chi connectivity index (χ3n) is 4.73. The third-order valence-corrected chi connectivity index (χ3v) is 5.01. The van der Waals surface area contributed by atoms with Gasteiger partial charge in [0, 0.05) is 17.1 Å². The lowest BCUT2D eigenvalue weighted by Gasteiger charge is -2.13. The molecule has 2 aromatic carbocycles. The van der Waals surface area contributed by atoms with Gasteiger partial charge in [0.1, 0.15) is 16.8 Å². The number of amides is 2. The first-order valence-corrected chi connectivity index (χ1v) is 11.4.